The molecule has 34 heavy (non-hydrogen) atoms. The molecule has 2 amide bonds. The summed E-state index contributed by atoms with van der Waals surface area (Å²) in [6.07, 6.45) is 0. The van der Waals surface area contributed by atoms with E-state index in [4.69, 9.17) is 4.74 Å². The summed E-state index contributed by atoms with van der Waals surface area (Å²) < 4.78 is 5.70. The maximum absolute atomic E-state index is 12.7. The third kappa shape index (κ3) is 6.05. The monoisotopic (exact) mass is 472 g/mol. The summed E-state index contributed by atoms with van der Waals surface area (Å²) in [6.45, 7) is 4.16. The molecule has 172 valence electrons. The number of hydrogen-bond donors (Lipinski definition) is 2. The number of amides is 2. The van der Waals surface area contributed by atoms with E-state index < -0.39 is 5.91 Å². The van der Waals surface area contributed by atoms with Crippen LogP contribution in [-0.2, 0) is 6.61 Å². The van der Waals surface area contributed by atoms with Gasteiger partial charge in [-0.05, 0) is 49.7 Å². The fourth-order valence-corrected chi connectivity index (χ4v) is 3.86. The zero-order valence-electron chi connectivity index (χ0n) is 18.8. The molecule has 0 saturated carbocycles. The summed E-state index contributed by atoms with van der Waals surface area (Å²) in [4.78, 5) is 25.3. The Morgan fingerprint density at radius 1 is 0.941 bits per heavy atom. The molecule has 0 radical (unpaired) electrons. The Morgan fingerprint density at radius 2 is 1.71 bits per heavy atom. The summed E-state index contributed by atoms with van der Waals surface area (Å²) in [5, 5.41) is 14.6. The van der Waals surface area contributed by atoms with Gasteiger partial charge < -0.3 is 15.4 Å². The molecule has 0 fully saturated rings. The van der Waals surface area contributed by atoms with Crippen LogP contribution in [0.2, 0.25) is 0 Å². The van der Waals surface area contributed by atoms with Gasteiger partial charge in [0.05, 0.1) is 6.04 Å². The van der Waals surface area contributed by atoms with Gasteiger partial charge in [-0.15, -0.1) is 10.2 Å². The fraction of sp³-hybridized carbons (Fsp3) is 0.154. The van der Waals surface area contributed by atoms with E-state index in [1.807, 2.05) is 68.4 Å². The van der Waals surface area contributed by atoms with Gasteiger partial charge in [-0.25, -0.2) is 0 Å². The van der Waals surface area contributed by atoms with Crippen LogP contribution in [0.1, 0.15) is 49.3 Å². The second-order valence-electron chi connectivity index (χ2n) is 7.74. The lowest BCUT2D eigenvalue weighted by molar-refractivity contribution is 0.0938. The lowest BCUT2D eigenvalue weighted by Crippen LogP contribution is -2.26. The number of nitrogens with one attached hydrogen (secondary N) is 2. The highest BCUT2D eigenvalue weighted by atomic mass is 32.1. The third-order valence-corrected chi connectivity index (χ3v) is 5.97. The number of carbonyl (C=O) groups is 2. The van der Waals surface area contributed by atoms with Crippen LogP contribution in [0, 0.1) is 6.92 Å². The highest BCUT2D eigenvalue weighted by Gasteiger charge is 2.16. The van der Waals surface area contributed by atoms with E-state index >= 15 is 0 Å². The standard InChI is InChI=1S/C26H24N4O3S/c1-17-11-13-22(14-12-17)33-16-23-29-30-26(34-23)25(32)28-21-10-6-9-20(15-21)24(31)27-18(2)19-7-4-3-5-8-19/h3-15,18H,16H2,1-2H3,(H,27,31)(H,28,32)/t18-/m1/s1. The normalized spacial score (nSPS) is 11.5. The number of nitrogens with zero attached hydrogens (tertiary/aromatic N) is 2. The van der Waals surface area contributed by atoms with Crippen LogP contribution in [-0.4, -0.2) is 22.0 Å². The lowest BCUT2D eigenvalue weighted by atomic mass is 10.1. The Bertz CT molecular complexity index is 1270. The Morgan fingerprint density at radius 3 is 2.47 bits per heavy atom. The number of hydrogen-bond acceptors (Lipinski definition) is 6. The van der Waals surface area contributed by atoms with E-state index in [0.717, 1.165) is 28.2 Å². The Kier molecular flexibility index (Phi) is 7.29. The van der Waals surface area contributed by atoms with Crippen molar-refractivity contribution in [3.05, 3.63) is 106 Å². The zero-order chi connectivity index (χ0) is 23.9. The Labute approximate surface area is 201 Å². The van der Waals surface area contributed by atoms with Crippen molar-refractivity contribution in [3.8, 4) is 5.75 Å². The number of rotatable bonds is 8. The average molecular weight is 473 g/mol. The van der Waals surface area contributed by atoms with Crippen molar-refractivity contribution in [2.45, 2.75) is 26.5 Å². The van der Waals surface area contributed by atoms with E-state index in [9.17, 15) is 9.59 Å². The van der Waals surface area contributed by atoms with Gasteiger partial charge in [0.1, 0.15) is 12.4 Å². The number of carbonyl (C=O) groups excluding carboxylic acids is 2. The molecule has 0 aliphatic carbocycles. The predicted octanol–water partition coefficient (Wildman–Crippen LogP) is 5.17. The maximum Gasteiger partial charge on any atom is 0.286 e. The highest BCUT2D eigenvalue weighted by molar-refractivity contribution is 7.13. The first-order valence-electron chi connectivity index (χ1n) is 10.8. The van der Waals surface area contributed by atoms with Crippen LogP contribution >= 0.6 is 11.3 Å². The minimum absolute atomic E-state index is 0.145. The van der Waals surface area contributed by atoms with Crippen LogP contribution in [0.15, 0.2) is 78.9 Å². The van der Waals surface area contributed by atoms with Gasteiger partial charge in [0, 0.05) is 11.3 Å². The number of aryl methyl sites for hydroxylation is 1. The van der Waals surface area contributed by atoms with Gasteiger partial charge in [0.2, 0.25) is 5.01 Å². The van der Waals surface area contributed by atoms with Gasteiger partial charge in [-0.3, -0.25) is 9.59 Å². The molecule has 0 aliphatic rings. The number of anilines is 1. The Balaban J connectivity index is 1.35. The lowest BCUT2D eigenvalue weighted by Gasteiger charge is -2.14. The molecule has 8 heteroatoms. The molecule has 3 aromatic carbocycles. The smallest absolute Gasteiger partial charge is 0.286 e. The van der Waals surface area contributed by atoms with Crippen molar-refractivity contribution in [2.24, 2.45) is 0 Å². The summed E-state index contributed by atoms with van der Waals surface area (Å²) in [5.41, 5.74) is 3.11. The van der Waals surface area contributed by atoms with Gasteiger partial charge in [0.15, 0.2) is 5.01 Å². The molecule has 1 heterocycles. The molecule has 0 unspecified atom stereocenters. The predicted molar refractivity (Wildman–Crippen MR) is 132 cm³/mol. The third-order valence-electron chi connectivity index (χ3n) is 5.07. The second kappa shape index (κ2) is 10.7. The van der Waals surface area contributed by atoms with Crippen LogP contribution in [0.3, 0.4) is 0 Å². The summed E-state index contributed by atoms with van der Waals surface area (Å²) in [7, 11) is 0. The van der Waals surface area contributed by atoms with E-state index in [1.54, 1.807) is 24.3 Å². The topological polar surface area (TPSA) is 93.2 Å². The molecule has 0 aliphatic heterocycles. The molecule has 4 aromatic rings. The first kappa shape index (κ1) is 23.1. The molecule has 4 rings (SSSR count). The van der Waals surface area contributed by atoms with Crippen molar-refractivity contribution in [1.29, 1.82) is 0 Å². The van der Waals surface area contributed by atoms with Gasteiger partial charge >= 0.3 is 0 Å². The minimum atomic E-state index is -0.394. The molecule has 0 saturated heterocycles. The fourth-order valence-electron chi connectivity index (χ4n) is 3.21. The van der Waals surface area contributed by atoms with Crippen molar-refractivity contribution >= 4 is 28.8 Å². The highest BCUT2D eigenvalue weighted by Crippen LogP contribution is 2.19. The number of ether oxygens (including phenoxy) is 1. The summed E-state index contributed by atoms with van der Waals surface area (Å²) >= 11 is 1.16. The van der Waals surface area contributed by atoms with Crippen molar-refractivity contribution < 1.29 is 14.3 Å². The molecular weight excluding hydrogens is 448 g/mol. The van der Waals surface area contributed by atoms with E-state index in [1.165, 1.54) is 0 Å². The van der Waals surface area contributed by atoms with E-state index in [0.29, 0.717) is 16.3 Å². The van der Waals surface area contributed by atoms with Crippen LogP contribution in [0.25, 0.3) is 0 Å². The average Bonchev–Trinajstić information content (AvgIpc) is 3.34. The molecule has 7 nitrogen and oxygen atoms in total. The summed E-state index contributed by atoms with van der Waals surface area (Å²) in [5.74, 6) is 0.108. The maximum atomic E-state index is 12.7. The Hall–Kier alpha value is -4.04. The van der Waals surface area contributed by atoms with Crippen LogP contribution in [0.4, 0.5) is 5.69 Å². The number of benzene rings is 3. The largest absolute Gasteiger partial charge is 0.486 e. The molecule has 1 aromatic heterocycles. The zero-order valence-corrected chi connectivity index (χ0v) is 19.6. The van der Waals surface area contributed by atoms with Crippen molar-refractivity contribution in [2.75, 3.05) is 5.32 Å². The van der Waals surface area contributed by atoms with Gasteiger partial charge in [0.25, 0.3) is 11.8 Å². The molecule has 1 atom stereocenters. The first-order valence-corrected chi connectivity index (χ1v) is 11.6. The van der Waals surface area contributed by atoms with E-state index in [-0.39, 0.29) is 23.6 Å². The van der Waals surface area contributed by atoms with Gasteiger partial charge in [-0.2, -0.15) is 0 Å². The van der Waals surface area contributed by atoms with E-state index in [2.05, 4.69) is 20.8 Å². The van der Waals surface area contributed by atoms with Crippen LogP contribution in [0.5, 0.6) is 5.75 Å². The van der Waals surface area contributed by atoms with Crippen LogP contribution < -0.4 is 15.4 Å². The van der Waals surface area contributed by atoms with Crippen molar-refractivity contribution in [3.63, 3.8) is 0 Å². The van der Waals surface area contributed by atoms with Gasteiger partial charge in [-0.1, -0.05) is 65.4 Å². The molecule has 0 spiro atoms. The first-order chi connectivity index (χ1) is 16.5. The second-order valence-corrected chi connectivity index (χ2v) is 8.81. The molecule has 0 bridgehead atoms. The SMILES string of the molecule is Cc1ccc(OCc2nnc(C(=O)Nc3cccc(C(=O)N[C@H](C)c4ccccc4)c3)s2)cc1. The minimum Gasteiger partial charge on any atom is -0.486 e. The molecular formula is C26H24N4O3S. The quantitative estimate of drug-likeness (QED) is 0.369. The van der Waals surface area contributed by atoms with Crippen molar-refractivity contribution in [1.82, 2.24) is 15.5 Å². The molecule has 2 N–H and O–H groups in total. The number of aromatic nitrogens is 2. The summed E-state index contributed by atoms with van der Waals surface area (Å²) in [6, 6.07) is 24.0.